The Balaban J connectivity index is 1.95. The molecule has 2 aromatic rings. The van der Waals surface area contributed by atoms with Crippen LogP contribution in [0.5, 0.6) is 0 Å². The topological polar surface area (TPSA) is 100 Å². The third-order valence-corrected chi connectivity index (χ3v) is 2.91. The van der Waals surface area contributed by atoms with Crippen molar-refractivity contribution in [3.05, 3.63) is 29.4 Å². The Morgan fingerprint density at radius 3 is 2.80 bits per heavy atom. The van der Waals surface area contributed by atoms with Crippen LogP contribution in [0.4, 0.5) is 10.9 Å². The lowest BCUT2D eigenvalue weighted by atomic mass is 10.1. The fourth-order valence-corrected chi connectivity index (χ4v) is 1.78. The molecule has 0 atom stereocenters. The van der Waals surface area contributed by atoms with Gasteiger partial charge in [-0.3, -0.25) is 10.1 Å². The largest absolute Gasteiger partial charge is 0.389 e. The maximum atomic E-state index is 11.9. The highest BCUT2D eigenvalue weighted by atomic mass is 32.1. The molecule has 20 heavy (non-hydrogen) atoms. The average molecular weight is 293 g/mol. The third-order valence-electron chi connectivity index (χ3n) is 2.31. The quantitative estimate of drug-likeness (QED) is 0.770. The summed E-state index contributed by atoms with van der Waals surface area (Å²) in [5.74, 6) is 0.308. The lowest BCUT2D eigenvalue weighted by molar-refractivity contribution is 0.0943. The second-order valence-electron chi connectivity index (χ2n) is 4.80. The predicted molar refractivity (Wildman–Crippen MR) is 76.9 cm³/mol. The van der Waals surface area contributed by atoms with Crippen LogP contribution >= 0.6 is 11.3 Å². The fraction of sp³-hybridized carbons (Fsp3) is 0.333. The molecule has 0 aliphatic rings. The van der Waals surface area contributed by atoms with Crippen LogP contribution < -0.4 is 10.6 Å². The first-order chi connectivity index (χ1) is 9.44. The number of nitrogens with one attached hydrogen (secondary N) is 2. The van der Waals surface area contributed by atoms with E-state index < -0.39 is 5.60 Å². The molecule has 0 bridgehead atoms. The molecule has 2 aromatic heterocycles. The van der Waals surface area contributed by atoms with Crippen molar-refractivity contribution < 1.29 is 9.90 Å². The van der Waals surface area contributed by atoms with Gasteiger partial charge in [-0.1, -0.05) is 11.3 Å². The van der Waals surface area contributed by atoms with Crippen molar-refractivity contribution in [1.29, 1.82) is 0 Å². The number of anilines is 2. The predicted octanol–water partition coefficient (Wildman–Crippen LogP) is 1.37. The second kappa shape index (κ2) is 5.93. The van der Waals surface area contributed by atoms with Gasteiger partial charge >= 0.3 is 0 Å². The number of hydrogen-bond donors (Lipinski definition) is 3. The molecule has 0 saturated heterocycles. The standard InChI is InChI=1S/C12H15N5O2S/c1-12(2,19)6-14-9-4-3-8(5-13-9)10(18)16-11-17-15-7-20-11/h3-5,7,19H,6H2,1-2H3,(H,13,14)(H,16,17,18). The Hall–Kier alpha value is -2.06. The zero-order valence-corrected chi connectivity index (χ0v) is 11.9. The van der Waals surface area contributed by atoms with E-state index in [2.05, 4.69) is 25.8 Å². The number of rotatable bonds is 5. The van der Waals surface area contributed by atoms with E-state index in [4.69, 9.17) is 0 Å². The molecule has 0 unspecified atom stereocenters. The van der Waals surface area contributed by atoms with Gasteiger partial charge in [-0.2, -0.15) is 0 Å². The van der Waals surface area contributed by atoms with E-state index in [-0.39, 0.29) is 5.91 Å². The van der Waals surface area contributed by atoms with Crippen LogP contribution in [0.1, 0.15) is 24.2 Å². The average Bonchev–Trinajstić information content (AvgIpc) is 2.89. The summed E-state index contributed by atoms with van der Waals surface area (Å²) in [5, 5.41) is 23.0. The molecule has 0 aliphatic heterocycles. The molecule has 2 rings (SSSR count). The monoisotopic (exact) mass is 293 g/mol. The normalized spacial score (nSPS) is 11.2. The summed E-state index contributed by atoms with van der Waals surface area (Å²) in [6.07, 6.45) is 1.46. The van der Waals surface area contributed by atoms with Crippen molar-refractivity contribution in [2.75, 3.05) is 17.2 Å². The highest BCUT2D eigenvalue weighted by molar-refractivity contribution is 7.13. The van der Waals surface area contributed by atoms with Gasteiger partial charge in [0.15, 0.2) is 0 Å². The van der Waals surface area contributed by atoms with Crippen LogP contribution in [-0.2, 0) is 0 Å². The minimum Gasteiger partial charge on any atom is -0.389 e. The SMILES string of the molecule is CC(C)(O)CNc1ccc(C(=O)Nc2nncs2)cn1. The van der Waals surface area contributed by atoms with Gasteiger partial charge in [-0.25, -0.2) is 4.98 Å². The molecule has 0 fully saturated rings. The van der Waals surface area contributed by atoms with Crippen LogP contribution in [0.15, 0.2) is 23.8 Å². The number of pyridine rings is 1. The smallest absolute Gasteiger partial charge is 0.259 e. The van der Waals surface area contributed by atoms with E-state index in [1.54, 1.807) is 26.0 Å². The van der Waals surface area contributed by atoms with Gasteiger partial charge in [0.05, 0.1) is 11.2 Å². The first-order valence-electron chi connectivity index (χ1n) is 5.94. The third kappa shape index (κ3) is 4.25. The van der Waals surface area contributed by atoms with E-state index in [1.807, 2.05) is 0 Å². The Kier molecular flexibility index (Phi) is 4.26. The van der Waals surface area contributed by atoms with Crippen molar-refractivity contribution in [3.8, 4) is 0 Å². The van der Waals surface area contributed by atoms with Crippen LogP contribution in [0, 0.1) is 0 Å². The number of aliphatic hydroxyl groups is 1. The molecule has 0 saturated carbocycles. The molecule has 0 aliphatic carbocycles. The number of carbonyl (C=O) groups is 1. The molecule has 7 nitrogen and oxygen atoms in total. The van der Waals surface area contributed by atoms with E-state index in [0.717, 1.165) is 0 Å². The zero-order chi connectivity index (χ0) is 14.6. The summed E-state index contributed by atoms with van der Waals surface area (Å²) in [4.78, 5) is 16.0. The van der Waals surface area contributed by atoms with Gasteiger partial charge in [0, 0.05) is 12.7 Å². The van der Waals surface area contributed by atoms with Gasteiger partial charge in [0.25, 0.3) is 5.91 Å². The summed E-state index contributed by atoms with van der Waals surface area (Å²) in [7, 11) is 0. The van der Waals surface area contributed by atoms with Crippen molar-refractivity contribution in [3.63, 3.8) is 0 Å². The van der Waals surface area contributed by atoms with Gasteiger partial charge in [-0.05, 0) is 26.0 Å². The van der Waals surface area contributed by atoms with Gasteiger partial charge in [0.1, 0.15) is 11.3 Å². The molecule has 1 amide bonds. The van der Waals surface area contributed by atoms with Gasteiger partial charge < -0.3 is 10.4 Å². The molecular formula is C12H15N5O2S. The van der Waals surface area contributed by atoms with E-state index in [0.29, 0.717) is 23.1 Å². The van der Waals surface area contributed by atoms with Crippen molar-refractivity contribution in [2.24, 2.45) is 0 Å². The number of carbonyl (C=O) groups excluding carboxylic acids is 1. The van der Waals surface area contributed by atoms with Crippen molar-refractivity contribution in [2.45, 2.75) is 19.4 Å². The number of nitrogens with zero attached hydrogens (tertiary/aromatic N) is 3. The lowest BCUT2D eigenvalue weighted by Gasteiger charge is -2.17. The Bertz CT molecular complexity index is 563. The molecule has 0 spiro atoms. The molecule has 106 valence electrons. The first kappa shape index (κ1) is 14.4. The fourth-order valence-electron chi connectivity index (χ4n) is 1.34. The molecular weight excluding hydrogens is 278 g/mol. The Morgan fingerprint density at radius 1 is 1.45 bits per heavy atom. The minimum atomic E-state index is -0.824. The molecule has 3 N–H and O–H groups in total. The number of hydrogen-bond acceptors (Lipinski definition) is 7. The highest BCUT2D eigenvalue weighted by Crippen LogP contribution is 2.12. The molecule has 2 heterocycles. The summed E-state index contributed by atoms with van der Waals surface area (Å²) in [6.45, 7) is 3.77. The molecule has 0 aromatic carbocycles. The van der Waals surface area contributed by atoms with Crippen molar-refractivity contribution >= 4 is 28.2 Å². The van der Waals surface area contributed by atoms with Gasteiger partial charge in [0.2, 0.25) is 5.13 Å². The van der Waals surface area contributed by atoms with E-state index in [9.17, 15) is 9.90 Å². The van der Waals surface area contributed by atoms with E-state index in [1.165, 1.54) is 23.0 Å². The van der Waals surface area contributed by atoms with Crippen LogP contribution in [0.2, 0.25) is 0 Å². The highest BCUT2D eigenvalue weighted by Gasteiger charge is 2.12. The zero-order valence-electron chi connectivity index (χ0n) is 11.1. The maximum Gasteiger partial charge on any atom is 0.259 e. The molecule has 8 heteroatoms. The van der Waals surface area contributed by atoms with Gasteiger partial charge in [-0.15, -0.1) is 10.2 Å². The lowest BCUT2D eigenvalue weighted by Crippen LogP contribution is -2.29. The maximum absolute atomic E-state index is 11.9. The van der Waals surface area contributed by atoms with Crippen molar-refractivity contribution in [1.82, 2.24) is 15.2 Å². The summed E-state index contributed by atoms with van der Waals surface area (Å²) in [5.41, 5.74) is 1.14. The minimum absolute atomic E-state index is 0.289. The summed E-state index contributed by atoms with van der Waals surface area (Å²) < 4.78 is 0. The molecule has 0 radical (unpaired) electrons. The summed E-state index contributed by atoms with van der Waals surface area (Å²) >= 11 is 1.25. The summed E-state index contributed by atoms with van der Waals surface area (Å²) in [6, 6.07) is 3.33. The van der Waals surface area contributed by atoms with E-state index >= 15 is 0 Å². The first-order valence-corrected chi connectivity index (χ1v) is 6.82. The van der Waals surface area contributed by atoms with Crippen LogP contribution in [-0.4, -0.2) is 38.3 Å². The van der Waals surface area contributed by atoms with Crippen LogP contribution in [0.25, 0.3) is 0 Å². The number of amides is 1. The number of aromatic nitrogens is 3. The Labute approximate surface area is 120 Å². The second-order valence-corrected chi connectivity index (χ2v) is 5.63. The Morgan fingerprint density at radius 2 is 2.25 bits per heavy atom. The van der Waals surface area contributed by atoms with Crippen LogP contribution in [0.3, 0.4) is 0 Å².